The summed E-state index contributed by atoms with van der Waals surface area (Å²) < 4.78 is 6.77. The van der Waals surface area contributed by atoms with Crippen molar-refractivity contribution in [2.45, 2.75) is 32.6 Å². The zero-order chi connectivity index (χ0) is 18.0. The largest absolute Gasteiger partial charge is 0.462 e. The van der Waals surface area contributed by atoms with E-state index in [9.17, 15) is 9.59 Å². The molecule has 1 aromatic carbocycles. The van der Waals surface area contributed by atoms with Gasteiger partial charge in [0.05, 0.1) is 24.3 Å². The molecule has 132 valence electrons. The Kier molecular flexibility index (Phi) is 4.88. The summed E-state index contributed by atoms with van der Waals surface area (Å²) >= 11 is 0. The minimum atomic E-state index is -0.322. The highest BCUT2D eigenvalue weighted by atomic mass is 16.5. The van der Waals surface area contributed by atoms with Crippen LogP contribution in [0.3, 0.4) is 0 Å². The normalized spacial score (nSPS) is 14.8. The topological polar surface area (TPSA) is 64.4 Å². The van der Waals surface area contributed by atoms with E-state index in [0.717, 1.165) is 29.7 Å². The molecule has 25 heavy (non-hydrogen) atoms. The molecule has 1 amide bonds. The standard InChI is InChI=1S/C19H23N3O3/c1-4-25-19(24)15-7-8-17-14(10-15)6-5-9-22(17)18(23)13(2)16-11-20-21(3)12-16/h7-8,10-13H,4-6,9H2,1-3H3/t13-/m0/s1. The van der Waals surface area contributed by atoms with Crippen LogP contribution in [0, 0.1) is 0 Å². The van der Waals surface area contributed by atoms with Crippen LogP contribution in [0.2, 0.25) is 0 Å². The summed E-state index contributed by atoms with van der Waals surface area (Å²) in [4.78, 5) is 26.7. The van der Waals surface area contributed by atoms with Crippen LogP contribution in [0.5, 0.6) is 0 Å². The van der Waals surface area contributed by atoms with Gasteiger partial charge in [-0.3, -0.25) is 9.48 Å². The maximum absolute atomic E-state index is 13.0. The zero-order valence-electron chi connectivity index (χ0n) is 14.9. The molecule has 2 aromatic rings. The Balaban J connectivity index is 1.86. The number of anilines is 1. The highest BCUT2D eigenvalue weighted by molar-refractivity contribution is 5.99. The van der Waals surface area contributed by atoms with Gasteiger partial charge in [0.2, 0.25) is 5.91 Å². The van der Waals surface area contributed by atoms with Gasteiger partial charge >= 0.3 is 5.97 Å². The zero-order valence-corrected chi connectivity index (χ0v) is 14.9. The van der Waals surface area contributed by atoms with Crippen molar-refractivity contribution < 1.29 is 14.3 Å². The van der Waals surface area contributed by atoms with Gasteiger partial charge in [0.1, 0.15) is 0 Å². The number of hydrogen-bond donors (Lipinski definition) is 0. The molecule has 2 heterocycles. The number of esters is 1. The molecule has 0 spiro atoms. The average Bonchev–Trinajstić information content (AvgIpc) is 3.06. The van der Waals surface area contributed by atoms with E-state index in [2.05, 4.69) is 5.10 Å². The van der Waals surface area contributed by atoms with Gasteiger partial charge in [-0.1, -0.05) is 0 Å². The Morgan fingerprint density at radius 3 is 2.84 bits per heavy atom. The highest BCUT2D eigenvalue weighted by Crippen LogP contribution is 2.31. The van der Waals surface area contributed by atoms with Crippen LogP contribution in [0.15, 0.2) is 30.6 Å². The van der Waals surface area contributed by atoms with E-state index in [0.29, 0.717) is 18.7 Å². The molecule has 0 bridgehead atoms. The number of aromatic nitrogens is 2. The van der Waals surface area contributed by atoms with Crippen LogP contribution in [0.1, 0.15) is 47.7 Å². The Morgan fingerprint density at radius 2 is 2.16 bits per heavy atom. The number of ether oxygens (including phenoxy) is 1. The van der Waals surface area contributed by atoms with Gasteiger partial charge < -0.3 is 9.64 Å². The molecule has 6 nitrogen and oxygen atoms in total. The molecule has 1 aliphatic rings. The van der Waals surface area contributed by atoms with Gasteiger partial charge in [-0.05, 0) is 50.5 Å². The van der Waals surface area contributed by atoms with Crippen molar-refractivity contribution in [3.05, 3.63) is 47.3 Å². The number of benzene rings is 1. The van der Waals surface area contributed by atoms with Gasteiger partial charge in [0.25, 0.3) is 0 Å². The Bertz CT molecular complexity index is 797. The number of nitrogens with zero attached hydrogens (tertiary/aromatic N) is 3. The molecule has 0 aliphatic carbocycles. The van der Waals surface area contributed by atoms with Crippen molar-refractivity contribution in [2.75, 3.05) is 18.1 Å². The van der Waals surface area contributed by atoms with E-state index in [1.54, 1.807) is 23.9 Å². The lowest BCUT2D eigenvalue weighted by Gasteiger charge is -2.31. The van der Waals surface area contributed by atoms with Crippen molar-refractivity contribution in [2.24, 2.45) is 7.05 Å². The van der Waals surface area contributed by atoms with E-state index >= 15 is 0 Å². The van der Waals surface area contributed by atoms with Crippen molar-refractivity contribution in [1.29, 1.82) is 0 Å². The number of hydrogen-bond acceptors (Lipinski definition) is 4. The average molecular weight is 341 g/mol. The van der Waals surface area contributed by atoms with Crippen molar-refractivity contribution in [3.8, 4) is 0 Å². The van der Waals surface area contributed by atoms with Crippen LogP contribution in [-0.4, -0.2) is 34.8 Å². The third kappa shape index (κ3) is 3.43. The molecule has 1 atom stereocenters. The van der Waals surface area contributed by atoms with Crippen LogP contribution < -0.4 is 4.90 Å². The fourth-order valence-electron chi connectivity index (χ4n) is 3.21. The van der Waals surface area contributed by atoms with Gasteiger partial charge in [-0.25, -0.2) is 4.79 Å². The SMILES string of the molecule is CCOC(=O)c1ccc2c(c1)CCCN2C(=O)[C@@H](C)c1cnn(C)c1. The van der Waals surface area contributed by atoms with Gasteiger partial charge in [-0.2, -0.15) is 5.10 Å². The first kappa shape index (κ1) is 17.2. The summed E-state index contributed by atoms with van der Waals surface area (Å²) in [6.07, 6.45) is 5.34. The molecule has 1 aliphatic heterocycles. The molecular weight excluding hydrogens is 318 g/mol. The maximum Gasteiger partial charge on any atom is 0.338 e. The van der Waals surface area contributed by atoms with E-state index in [4.69, 9.17) is 4.74 Å². The lowest BCUT2D eigenvalue weighted by atomic mass is 9.96. The lowest BCUT2D eigenvalue weighted by Crippen LogP contribution is -2.38. The molecular formula is C19H23N3O3. The monoisotopic (exact) mass is 341 g/mol. The maximum atomic E-state index is 13.0. The Labute approximate surface area is 147 Å². The van der Waals surface area contributed by atoms with Crippen molar-refractivity contribution in [1.82, 2.24) is 9.78 Å². The van der Waals surface area contributed by atoms with Gasteiger partial charge in [-0.15, -0.1) is 0 Å². The van der Waals surface area contributed by atoms with Crippen LogP contribution in [0.4, 0.5) is 5.69 Å². The second kappa shape index (κ2) is 7.09. The van der Waals surface area contributed by atoms with Gasteiger partial charge in [0.15, 0.2) is 0 Å². The molecule has 0 saturated heterocycles. The molecule has 0 radical (unpaired) electrons. The van der Waals surface area contributed by atoms with E-state index < -0.39 is 0 Å². The Hall–Kier alpha value is -2.63. The van der Waals surface area contributed by atoms with E-state index in [-0.39, 0.29) is 17.8 Å². The molecule has 0 fully saturated rings. The molecule has 1 aromatic heterocycles. The molecule has 6 heteroatoms. The quantitative estimate of drug-likeness (QED) is 0.802. The number of rotatable bonds is 4. The van der Waals surface area contributed by atoms with Crippen LogP contribution >= 0.6 is 0 Å². The Morgan fingerprint density at radius 1 is 1.36 bits per heavy atom. The third-order valence-electron chi connectivity index (χ3n) is 4.57. The summed E-state index contributed by atoms with van der Waals surface area (Å²) in [6, 6.07) is 5.44. The first-order valence-corrected chi connectivity index (χ1v) is 8.61. The fourth-order valence-corrected chi connectivity index (χ4v) is 3.21. The highest BCUT2D eigenvalue weighted by Gasteiger charge is 2.28. The fraction of sp³-hybridized carbons (Fsp3) is 0.421. The van der Waals surface area contributed by atoms with E-state index in [1.165, 1.54) is 0 Å². The number of carbonyl (C=O) groups is 2. The predicted octanol–water partition coefficient (Wildman–Crippen LogP) is 2.68. The number of carbonyl (C=O) groups excluding carboxylic acids is 2. The predicted molar refractivity (Wildman–Crippen MR) is 94.7 cm³/mol. The summed E-state index contributed by atoms with van der Waals surface area (Å²) in [7, 11) is 1.84. The summed E-state index contributed by atoms with van der Waals surface area (Å²) in [5.41, 5.74) is 3.35. The molecule has 0 unspecified atom stereocenters. The lowest BCUT2D eigenvalue weighted by molar-refractivity contribution is -0.119. The van der Waals surface area contributed by atoms with Crippen molar-refractivity contribution >= 4 is 17.6 Å². The van der Waals surface area contributed by atoms with E-state index in [1.807, 2.05) is 37.2 Å². The summed E-state index contributed by atoms with van der Waals surface area (Å²) in [5.74, 6) is -0.528. The summed E-state index contributed by atoms with van der Waals surface area (Å²) in [6.45, 7) is 4.73. The number of fused-ring (bicyclic) bond motifs is 1. The van der Waals surface area contributed by atoms with Crippen LogP contribution in [0.25, 0.3) is 0 Å². The second-order valence-electron chi connectivity index (χ2n) is 6.33. The molecule has 0 saturated carbocycles. The first-order chi connectivity index (χ1) is 12.0. The second-order valence-corrected chi connectivity index (χ2v) is 6.33. The number of aryl methyl sites for hydroxylation is 2. The first-order valence-electron chi connectivity index (χ1n) is 8.61. The minimum Gasteiger partial charge on any atom is -0.462 e. The number of amides is 1. The minimum absolute atomic E-state index is 0.0536. The molecule has 3 rings (SSSR count). The van der Waals surface area contributed by atoms with Crippen molar-refractivity contribution in [3.63, 3.8) is 0 Å². The van der Waals surface area contributed by atoms with Gasteiger partial charge in [0, 0.05) is 31.0 Å². The third-order valence-corrected chi connectivity index (χ3v) is 4.57. The smallest absolute Gasteiger partial charge is 0.338 e. The molecule has 0 N–H and O–H groups in total. The van der Waals surface area contributed by atoms with Crippen LogP contribution in [-0.2, 0) is 23.0 Å². The summed E-state index contributed by atoms with van der Waals surface area (Å²) in [5, 5.41) is 4.15.